The van der Waals surface area contributed by atoms with E-state index >= 15 is 0 Å². The lowest BCUT2D eigenvalue weighted by Crippen LogP contribution is -2.36. The number of halogens is 5. The lowest BCUT2D eigenvalue weighted by molar-refractivity contribution is -0.135. The Morgan fingerprint density at radius 3 is 1.29 bits per heavy atom. The molecule has 0 heterocycles. The zero-order chi connectivity index (χ0) is 40.2. The van der Waals surface area contributed by atoms with Gasteiger partial charge in [0, 0.05) is 33.5 Å². The zero-order valence-corrected chi connectivity index (χ0v) is 32.7. The lowest BCUT2D eigenvalue weighted by Gasteiger charge is -2.14. The van der Waals surface area contributed by atoms with Crippen molar-refractivity contribution in [1.82, 2.24) is 5.32 Å². The van der Waals surface area contributed by atoms with Gasteiger partial charge in [0.15, 0.2) is 0 Å². The lowest BCUT2D eigenvalue weighted by atomic mass is 10.0. The Kier molecular flexibility index (Phi) is 29.0. The molecule has 0 bridgehead atoms. The summed E-state index contributed by atoms with van der Waals surface area (Å²) in [5.74, 6) is -14.9. The number of esters is 1. The van der Waals surface area contributed by atoms with Gasteiger partial charge in [-0.3, -0.25) is 9.59 Å². The van der Waals surface area contributed by atoms with Crippen LogP contribution >= 0.6 is 0 Å². The number of unbranched alkanes of at least 4 members (excludes halogenated alkanes) is 14. The Bertz CT molecular complexity index is 1110. The molecule has 1 unspecified atom stereocenters. The summed E-state index contributed by atoms with van der Waals surface area (Å²) in [4.78, 5) is 45.4. The second-order valence-electron chi connectivity index (χ2n) is 14.5. The number of carbonyl (C=O) groups excluding carboxylic acids is 4. The molecule has 1 amide bonds. The highest BCUT2D eigenvalue weighted by Gasteiger charge is 2.28. The Balaban J connectivity index is 0. The maximum absolute atomic E-state index is 13.6. The number of nitrogens with one attached hydrogen (secondary N) is 1. The van der Waals surface area contributed by atoms with E-state index in [0.717, 1.165) is 44.8 Å². The largest absolute Gasteiger partial charge is 0.420 e. The Labute approximate surface area is 308 Å². The van der Waals surface area contributed by atoms with Crippen LogP contribution in [0.4, 0.5) is 22.0 Å². The predicted molar refractivity (Wildman–Crippen MR) is 193 cm³/mol. The Morgan fingerprint density at radius 1 is 0.596 bits per heavy atom. The number of carbonyl (C=O) groups is 4. The molecule has 0 fully saturated rings. The van der Waals surface area contributed by atoms with Crippen molar-refractivity contribution in [1.29, 1.82) is 0 Å². The fraction of sp³-hybridized carbons (Fsp3) is 0.744. The summed E-state index contributed by atoms with van der Waals surface area (Å²) in [6.07, 6.45) is 16.8. The van der Waals surface area contributed by atoms with Crippen molar-refractivity contribution in [2.24, 2.45) is 0 Å². The van der Waals surface area contributed by atoms with Gasteiger partial charge in [0.1, 0.15) is 12.6 Å². The minimum atomic E-state index is -2.38. The van der Waals surface area contributed by atoms with E-state index in [0.29, 0.717) is 19.1 Å². The summed E-state index contributed by atoms with van der Waals surface area (Å²) >= 11 is 0. The molecule has 0 aromatic heterocycles. The Hall–Kier alpha value is -2.93. The van der Waals surface area contributed by atoms with Gasteiger partial charge in [0.05, 0.1) is 17.2 Å². The molecular weight excluding hydrogens is 689 g/mol. The molecule has 1 rings (SSSR count). The molecule has 13 heteroatoms. The fourth-order valence-corrected chi connectivity index (χ4v) is 4.20. The minimum absolute atomic E-state index is 0.0417. The van der Waals surface area contributed by atoms with E-state index in [2.05, 4.69) is 10.1 Å². The first-order chi connectivity index (χ1) is 24.3. The summed E-state index contributed by atoms with van der Waals surface area (Å²) < 4.78 is 80.9. The van der Waals surface area contributed by atoms with Crippen LogP contribution in [0.2, 0.25) is 0 Å². The first kappa shape index (κ1) is 51.2. The van der Waals surface area contributed by atoms with Crippen molar-refractivity contribution in [3.8, 4) is 5.75 Å². The quantitative estimate of drug-likeness (QED) is 0.0225. The van der Waals surface area contributed by atoms with Crippen LogP contribution in [0.3, 0.4) is 0 Å². The average molecular weight is 754 g/mol. The third-order valence-corrected chi connectivity index (χ3v) is 7.76. The van der Waals surface area contributed by atoms with Crippen molar-refractivity contribution in [2.45, 2.75) is 174 Å². The number of methoxy groups -OCH3 is 2. The third-order valence-electron chi connectivity index (χ3n) is 7.76. The molecule has 1 N–H and O–H groups in total. The standard InChI is InChI=1S/C29H40F5NO5.2C5H12O/c30-24-25(31)27(33)29(28(34)26(24)32)40-23(39)18-17-21(20-37)35-22(38)16-14-12-10-8-6-4-2-1-3-5-7-9-11-13-15-19-36;2*1-5(2,3)6-4/h19-21H,1-18H2,(H,35,38);2*1-4H3. The number of ether oxygens (including phenoxy) is 3. The zero-order valence-electron chi connectivity index (χ0n) is 32.7. The monoisotopic (exact) mass is 753 g/mol. The number of hydrogen-bond acceptors (Lipinski definition) is 7. The van der Waals surface area contributed by atoms with Gasteiger partial charge < -0.3 is 29.1 Å². The highest BCUT2D eigenvalue weighted by molar-refractivity contribution is 5.80. The maximum atomic E-state index is 13.6. The van der Waals surface area contributed by atoms with Crippen LogP contribution in [-0.4, -0.2) is 55.9 Å². The normalized spacial score (nSPS) is 11.8. The maximum Gasteiger partial charge on any atom is 0.311 e. The summed E-state index contributed by atoms with van der Waals surface area (Å²) in [6.45, 7) is 12.1. The van der Waals surface area contributed by atoms with Crippen LogP contribution in [0.25, 0.3) is 0 Å². The van der Waals surface area contributed by atoms with E-state index in [-0.39, 0.29) is 24.0 Å². The molecule has 0 saturated carbocycles. The van der Waals surface area contributed by atoms with Crippen LogP contribution in [-0.2, 0) is 28.7 Å². The van der Waals surface area contributed by atoms with Crippen molar-refractivity contribution in [3.05, 3.63) is 29.1 Å². The van der Waals surface area contributed by atoms with Crippen LogP contribution in [0.1, 0.15) is 157 Å². The molecule has 0 aliphatic rings. The fourth-order valence-electron chi connectivity index (χ4n) is 4.20. The molecule has 1 aromatic carbocycles. The smallest absolute Gasteiger partial charge is 0.311 e. The minimum Gasteiger partial charge on any atom is -0.420 e. The number of amides is 1. The molecule has 0 saturated heterocycles. The second-order valence-corrected chi connectivity index (χ2v) is 14.5. The molecule has 8 nitrogen and oxygen atoms in total. The van der Waals surface area contributed by atoms with Crippen LogP contribution in [0.5, 0.6) is 5.75 Å². The van der Waals surface area contributed by atoms with E-state index in [9.17, 15) is 41.1 Å². The van der Waals surface area contributed by atoms with Gasteiger partial charge in [-0.05, 0) is 60.8 Å². The summed E-state index contributed by atoms with van der Waals surface area (Å²) in [7, 11) is 3.42. The average Bonchev–Trinajstić information content (AvgIpc) is 3.09. The molecule has 52 heavy (non-hydrogen) atoms. The number of benzene rings is 1. The van der Waals surface area contributed by atoms with Gasteiger partial charge in [0.25, 0.3) is 0 Å². The second kappa shape index (κ2) is 29.5. The highest BCUT2D eigenvalue weighted by Crippen LogP contribution is 2.29. The SMILES string of the molecule is COC(C)(C)C.COC(C)(C)C.O=CCCCCCCCCCCCCCCCCC(=O)NC(C=O)CCC(=O)Oc1c(F)c(F)c(F)c(F)c1F. The highest BCUT2D eigenvalue weighted by atomic mass is 19.2. The molecule has 0 radical (unpaired) electrons. The van der Waals surface area contributed by atoms with Crippen molar-refractivity contribution >= 4 is 24.4 Å². The van der Waals surface area contributed by atoms with Gasteiger partial charge in [-0.1, -0.05) is 77.0 Å². The predicted octanol–water partition coefficient (Wildman–Crippen LogP) is 10.1. The number of hydrogen-bond donors (Lipinski definition) is 1. The van der Waals surface area contributed by atoms with E-state index in [1.807, 2.05) is 41.5 Å². The van der Waals surface area contributed by atoms with Gasteiger partial charge in [-0.15, -0.1) is 0 Å². The molecule has 302 valence electrons. The number of aldehydes is 2. The third kappa shape index (κ3) is 27.7. The molecule has 0 aliphatic heterocycles. The molecule has 0 aliphatic carbocycles. The summed E-state index contributed by atoms with van der Waals surface area (Å²) in [5.41, 5.74) is 0.0833. The summed E-state index contributed by atoms with van der Waals surface area (Å²) in [5, 5.41) is 2.44. The molecule has 0 spiro atoms. The molecule has 1 atom stereocenters. The van der Waals surface area contributed by atoms with E-state index in [1.54, 1.807) is 14.2 Å². The van der Waals surface area contributed by atoms with Gasteiger partial charge in [0.2, 0.25) is 40.7 Å². The van der Waals surface area contributed by atoms with Gasteiger partial charge >= 0.3 is 5.97 Å². The van der Waals surface area contributed by atoms with Crippen molar-refractivity contribution in [3.63, 3.8) is 0 Å². The molecular formula is C39H64F5NO7. The van der Waals surface area contributed by atoms with Gasteiger partial charge in [-0.2, -0.15) is 8.78 Å². The first-order valence-electron chi connectivity index (χ1n) is 18.4. The van der Waals surface area contributed by atoms with Crippen LogP contribution in [0.15, 0.2) is 0 Å². The van der Waals surface area contributed by atoms with Gasteiger partial charge in [-0.25, -0.2) is 13.2 Å². The van der Waals surface area contributed by atoms with Crippen molar-refractivity contribution < 1.29 is 55.3 Å². The summed E-state index contributed by atoms with van der Waals surface area (Å²) in [6, 6.07) is -1.07. The van der Waals surface area contributed by atoms with Crippen LogP contribution < -0.4 is 10.1 Å². The van der Waals surface area contributed by atoms with Crippen LogP contribution in [0, 0.1) is 29.1 Å². The number of rotatable bonds is 23. The van der Waals surface area contributed by atoms with E-state index in [4.69, 9.17) is 9.47 Å². The van der Waals surface area contributed by atoms with E-state index < -0.39 is 59.2 Å². The Morgan fingerprint density at radius 2 is 0.942 bits per heavy atom. The molecule has 1 aromatic rings. The van der Waals surface area contributed by atoms with Crippen molar-refractivity contribution in [2.75, 3.05) is 14.2 Å². The topological polar surface area (TPSA) is 108 Å². The first-order valence-corrected chi connectivity index (χ1v) is 18.4. The van der Waals surface area contributed by atoms with E-state index in [1.165, 1.54) is 44.9 Å².